The van der Waals surface area contributed by atoms with E-state index in [9.17, 15) is 38.7 Å². The van der Waals surface area contributed by atoms with E-state index in [-0.39, 0.29) is 6.42 Å². The van der Waals surface area contributed by atoms with Crippen LogP contribution < -0.4 is 5.32 Å². The summed E-state index contributed by atoms with van der Waals surface area (Å²) in [6.07, 6.45) is 25.9. The lowest BCUT2D eigenvalue weighted by molar-refractivity contribution is -0.298. The molecule has 336 valence electrons. The van der Waals surface area contributed by atoms with Crippen LogP contribution in [0.2, 0.25) is 0 Å². The van der Waals surface area contributed by atoms with Gasteiger partial charge in [-0.25, -0.2) is 4.18 Å². The Labute approximate surface area is 345 Å². The van der Waals surface area contributed by atoms with Crippen LogP contribution in [0.25, 0.3) is 0 Å². The van der Waals surface area contributed by atoms with Crippen molar-refractivity contribution in [1.82, 2.24) is 5.32 Å². The molecule has 8 atom stereocenters. The molecular formula is C43H81NO12S. The number of allylic oxidation sites excluding steroid dienone is 3. The van der Waals surface area contributed by atoms with Crippen molar-refractivity contribution in [3.8, 4) is 0 Å². The second-order valence-electron chi connectivity index (χ2n) is 15.8. The first-order valence-corrected chi connectivity index (χ1v) is 23.7. The first-order chi connectivity index (χ1) is 27.4. The second kappa shape index (κ2) is 34.3. The molecule has 7 N–H and O–H groups in total. The fourth-order valence-corrected chi connectivity index (χ4v) is 7.50. The van der Waals surface area contributed by atoms with Gasteiger partial charge < -0.3 is 40.3 Å². The zero-order valence-electron chi connectivity index (χ0n) is 35.3. The molecule has 0 radical (unpaired) electrons. The molecule has 0 bridgehead atoms. The Hall–Kier alpha value is -1.46. The highest BCUT2D eigenvalue weighted by Gasteiger charge is 2.48. The zero-order chi connectivity index (χ0) is 42.2. The lowest BCUT2D eigenvalue weighted by Crippen LogP contribution is -2.61. The first kappa shape index (κ1) is 53.6. The number of carbonyl (C=O) groups is 1. The molecule has 1 fully saturated rings. The third-order valence-corrected chi connectivity index (χ3v) is 11.1. The molecule has 0 aliphatic carbocycles. The minimum absolute atomic E-state index is 0.158. The number of ether oxygens (including phenoxy) is 2. The quantitative estimate of drug-likeness (QED) is 0.0189. The molecule has 13 nitrogen and oxygen atoms in total. The molecule has 57 heavy (non-hydrogen) atoms. The van der Waals surface area contributed by atoms with Crippen molar-refractivity contribution in [2.75, 3.05) is 13.2 Å². The fraction of sp³-hybridized carbons (Fsp3) is 0.884. The number of hydrogen-bond acceptors (Lipinski definition) is 11. The van der Waals surface area contributed by atoms with E-state index in [0.29, 0.717) is 12.8 Å². The first-order valence-electron chi connectivity index (χ1n) is 22.3. The fourth-order valence-electron chi connectivity index (χ4n) is 6.99. The van der Waals surface area contributed by atoms with Crippen LogP contribution in [0.4, 0.5) is 0 Å². The van der Waals surface area contributed by atoms with Gasteiger partial charge in [-0.05, 0) is 38.5 Å². The Morgan fingerprint density at radius 2 is 1.16 bits per heavy atom. The minimum atomic E-state index is -5.12. The van der Waals surface area contributed by atoms with Crippen molar-refractivity contribution in [1.29, 1.82) is 0 Å². The average Bonchev–Trinajstić information content (AvgIpc) is 3.18. The molecule has 0 saturated carbocycles. The molecule has 14 heteroatoms. The Morgan fingerprint density at radius 1 is 0.702 bits per heavy atom. The van der Waals surface area contributed by atoms with Crippen LogP contribution in [0.3, 0.4) is 0 Å². The third-order valence-electron chi connectivity index (χ3n) is 10.6. The number of unbranched alkanes of at least 4 members (excludes halogenated alkanes) is 22. The van der Waals surface area contributed by atoms with Crippen molar-refractivity contribution in [3.63, 3.8) is 0 Å². The summed E-state index contributed by atoms with van der Waals surface area (Å²) >= 11 is 0. The number of aliphatic hydroxyl groups is 5. The SMILES string of the molecule is CCCCCC/C=C\CCC(O)C(=O)NC(COC1OC(CO)C(O)C(OS(=O)(=O)O)C1O)C(O)/C=C/CCCCCCCCCCCCCCCCCCCC. The van der Waals surface area contributed by atoms with E-state index in [1.807, 2.05) is 18.2 Å². The van der Waals surface area contributed by atoms with Gasteiger partial charge in [0.05, 0.1) is 25.4 Å². The van der Waals surface area contributed by atoms with E-state index in [2.05, 4.69) is 23.3 Å². The van der Waals surface area contributed by atoms with Crippen LogP contribution >= 0.6 is 0 Å². The highest BCUT2D eigenvalue weighted by atomic mass is 32.3. The van der Waals surface area contributed by atoms with Crippen molar-refractivity contribution in [2.24, 2.45) is 0 Å². The summed E-state index contributed by atoms with van der Waals surface area (Å²) in [6, 6.07) is -1.13. The maximum atomic E-state index is 13.0. The van der Waals surface area contributed by atoms with Gasteiger partial charge in [0, 0.05) is 0 Å². The monoisotopic (exact) mass is 836 g/mol. The number of hydrogen-bond donors (Lipinski definition) is 7. The maximum absolute atomic E-state index is 13.0. The van der Waals surface area contributed by atoms with Gasteiger partial charge in [0.1, 0.15) is 30.5 Å². The van der Waals surface area contributed by atoms with Gasteiger partial charge in [0.15, 0.2) is 6.29 Å². The van der Waals surface area contributed by atoms with Crippen LogP contribution in [0, 0.1) is 0 Å². The van der Waals surface area contributed by atoms with Crippen molar-refractivity contribution < 1.29 is 57.0 Å². The Bertz CT molecular complexity index is 1140. The molecule has 1 aliphatic rings. The van der Waals surface area contributed by atoms with Crippen LogP contribution in [0.5, 0.6) is 0 Å². The van der Waals surface area contributed by atoms with Crippen molar-refractivity contribution in [3.05, 3.63) is 24.3 Å². The van der Waals surface area contributed by atoms with Crippen LogP contribution in [0.1, 0.15) is 181 Å². The number of nitrogens with one attached hydrogen (secondary N) is 1. The van der Waals surface area contributed by atoms with Gasteiger partial charge in [0.25, 0.3) is 0 Å². The van der Waals surface area contributed by atoms with Crippen LogP contribution in [-0.2, 0) is 28.9 Å². The molecule has 0 aromatic carbocycles. The van der Waals surface area contributed by atoms with Gasteiger partial charge in [0.2, 0.25) is 5.91 Å². The topological polar surface area (TPSA) is 212 Å². The summed E-state index contributed by atoms with van der Waals surface area (Å²) in [5, 5.41) is 54.9. The summed E-state index contributed by atoms with van der Waals surface area (Å²) in [5.41, 5.74) is 0. The maximum Gasteiger partial charge on any atom is 0.397 e. The highest BCUT2D eigenvalue weighted by Crippen LogP contribution is 2.26. The summed E-state index contributed by atoms with van der Waals surface area (Å²) in [4.78, 5) is 13.0. The molecular weight excluding hydrogens is 755 g/mol. The summed E-state index contributed by atoms with van der Waals surface area (Å²) in [5.74, 6) is -0.739. The number of aliphatic hydroxyl groups excluding tert-OH is 5. The van der Waals surface area contributed by atoms with E-state index < -0.39 is 78.5 Å². The largest absolute Gasteiger partial charge is 0.397 e. The summed E-state index contributed by atoms with van der Waals surface area (Å²) in [6.45, 7) is 3.13. The minimum Gasteiger partial charge on any atom is -0.394 e. The van der Waals surface area contributed by atoms with E-state index in [4.69, 9.17) is 14.0 Å². The van der Waals surface area contributed by atoms with E-state index in [1.165, 1.54) is 109 Å². The van der Waals surface area contributed by atoms with Crippen LogP contribution in [0.15, 0.2) is 24.3 Å². The molecule has 1 amide bonds. The molecule has 1 saturated heterocycles. The molecule has 0 aromatic heterocycles. The smallest absolute Gasteiger partial charge is 0.394 e. The Morgan fingerprint density at radius 3 is 1.65 bits per heavy atom. The lowest BCUT2D eigenvalue weighted by Gasteiger charge is -2.41. The van der Waals surface area contributed by atoms with Crippen molar-refractivity contribution in [2.45, 2.75) is 230 Å². The third kappa shape index (κ3) is 27.1. The Kier molecular flexibility index (Phi) is 32.2. The van der Waals surface area contributed by atoms with Gasteiger partial charge in [-0.3, -0.25) is 9.35 Å². The standard InChI is InChI=1S/C43H81NO12S/c1-3-5-7-9-11-13-14-15-16-17-18-19-20-21-22-23-24-26-27-29-31-36(46)35(44-42(50)37(47)32-30-28-25-12-10-8-6-4-2)34-54-43-40(49)41(56-57(51,52)53)39(48)38(33-45)55-43/h25,28-29,31,35-41,43,45-49H,3-24,26-27,30,32-34H2,1-2H3,(H,44,50)(H,51,52,53)/b28-25-,31-29+. The highest BCUT2D eigenvalue weighted by molar-refractivity contribution is 7.80. The van der Waals surface area contributed by atoms with Gasteiger partial charge in [-0.15, -0.1) is 0 Å². The molecule has 1 rings (SSSR count). The van der Waals surface area contributed by atoms with Crippen LogP contribution in [-0.4, -0.2) is 107 Å². The molecule has 0 spiro atoms. The predicted molar refractivity (Wildman–Crippen MR) is 224 cm³/mol. The van der Waals surface area contributed by atoms with E-state index in [0.717, 1.165) is 44.9 Å². The van der Waals surface area contributed by atoms with Gasteiger partial charge in [-0.2, -0.15) is 8.42 Å². The van der Waals surface area contributed by atoms with E-state index >= 15 is 0 Å². The second-order valence-corrected chi connectivity index (χ2v) is 16.8. The lowest BCUT2D eigenvalue weighted by atomic mass is 9.99. The van der Waals surface area contributed by atoms with Crippen molar-refractivity contribution >= 4 is 16.3 Å². The number of rotatable bonds is 37. The summed E-state index contributed by atoms with van der Waals surface area (Å²) in [7, 11) is -5.12. The van der Waals surface area contributed by atoms with Gasteiger partial charge >= 0.3 is 10.4 Å². The number of carbonyl (C=O) groups excluding carboxylic acids is 1. The normalized spacial score (nSPS) is 22.0. The predicted octanol–water partition coefficient (Wildman–Crippen LogP) is 7.13. The van der Waals surface area contributed by atoms with Gasteiger partial charge in [-0.1, -0.05) is 167 Å². The summed E-state index contributed by atoms with van der Waals surface area (Å²) < 4.78 is 47.3. The molecule has 8 unspecified atom stereocenters. The average molecular weight is 836 g/mol. The molecule has 0 aromatic rings. The Balaban J connectivity index is 2.56. The zero-order valence-corrected chi connectivity index (χ0v) is 36.1. The molecule has 1 heterocycles. The number of amides is 1. The molecule has 1 aliphatic heterocycles. The van der Waals surface area contributed by atoms with E-state index in [1.54, 1.807) is 0 Å².